The lowest BCUT2D eigenvalue weighted by molar-refractivity contribution is 0.304. The molecule has 1 heterocycles. The van der Waals surface area contributed by atoms with Crippen LogP contribution in [0.3, 0.4) is 0 Å². The third-order valence-electron chi connectivity index (χ3n) is 5.95. The molecule has 0 saturated carbocycles. The lowest BCUT2D eigenvalue weighted by Gasteiger charge is -2.10. The van der Waals surface area contributed by atoms with Crippen LogP contribution >= 0.6 is 0 Å². The Kier molecular flexibility index (Phi) is 12.3. The summed E-state index contributed by atoms with van der Waals surface area (Å²) in [5, 5.41) is 0. The molecule has 0 aliphatic heterocycles. The first-order valence-electron chi connectivity index (χ1n) is 12.4. The second-order valence-electron chi connectivity index (χ2n) is 8.83. The van der Waals surface area contributed by atoms with E-state index in [0.29, 0.717) is 0 Å². The fourth-order valence-corrected chi connectivity index (χ4v) is 3.89. The Morgan fingerprint density at radius 2 is 1.47 bits per heavy atom. The molecule has 0 saturated heterocycles. The molecule has 0 N–H and O–H groups in total. The molecule has 0 amide bonds. The number of benzene rings is 1. The van der Waals surface area contributed by atoms with Gasteiger partial charge in [-0.3, -0.25) is 4.98 Å². The fourth-order valence-electron chi connectivity index (χ4n) is 3.89. The third-order valence-corrected chi connectivity index (χ3v) is 5.95. The van der Waals surface area contributed by atoms with Crippen LogP contribution in [-0.2, 0) is 6.42 Å². The summed E-state index contributed by atoms with van der Waals surface area (Å²) >= 11 is 0. The van der Waals surface area contributed by atoms with Gasteiger partial charge in [-0.1, -0.05) is 84.6 Å². The van der Waals surface area contributed by atoms with Crippen LogP contribution in [0.1, 0.15) is 97.0 Å². The van der Waals surface area contributed by atoms with Crippen molar-refractivity contribution in [3.8, 4) is 17.0 Å². The van der Waals surface area contributed by atoms with E-state index in [1.54, 1.807) is 0 Å². The van der Waals surface area contributed by atoms with Crippen LogP contribution in [0.25, 0.3) is 11.3 Å². The van der Waals surface area contributed by atoms with E-state index in [4.69, 9.17) is 9.72 Å². The van der Waals surface area contributed by atoms with Crippen molar-refractivity contribution in [3.05, 3.63) is 48.2 Å². The predicted octanol–water partition coefficient (Wildman–Crippen LogP) is 8.64. The van der Waals surface area contributed by atoms with E-state index in [-0.39, 0.29) is 0 Å². The van der Waals surface area contributed by atoms with Crippen molar-refractivity contribution in [1.29, 1.82) is 0 Å². The number of aromatic nitrogens is 1. The van der Waals surface area contributed by atoms with Gasteiger partial charge in [0.2, 0.25) is 0 Å². The average molecular weight is 410 g/mol. The highest BCUT2D eigenvalue weighted by atomic mass is 16.5. The van der Waals surface area contributed by atoms with Crippen LogP contribution in [-0.4, -0.2) is 11.6 Å². The van der Waals surface area contributed by atoms with Crippen LogP contribution in [0.2, 0.25) is 0 Å². The van der Waals surface area contributed by atoms with Gasteiger partial charge in [0.15, 0.2) is 0 Å². The Labute approximate surface area is 185 Å². The number of hydrogen-bond donors (Lipinski definition) is 0. The Hall–Kier alpha value is -1.83. The first kappa shape index (κ1) is 24.4. The third kappa shape index (κ3) is 9.78. The molecule has 0 spiro atoms. The van der Waals surface area contributed by atoms with Crippen molar-refractivity contribution < 1.29 is 4.74 Å². The summed E-state index contributed by atoms with van der Waals surface area (Å²) in [5.74, 6) is 1.81. The SMILES string of the molecule is CCCCCCCCOc1ccc(-c2ccc(CCCC(C)CCCC)cn2)cc1. The summed E-state index contributed by atoms with van der Waals surface area (Å²) in [5.41, 5.74) is 3.54. The Morgan fingerprint density at radius 1 is 0.767 bits per heavy atom. The Morgan fingerprint density at radius 3 is 2.17 bits per heavy atom. The summed E-state index contributed by atoms with van der Waals surface area (Å²) in [4.78, 5) is 4.70. The van der Waals surface area contributed by atoms with E-state index in [9.17, 15) is 0 Å². The Balaban J connectivity index is 1.70. The van der Waals surface area contributed by atoms with Gasteiger partial charge in [0, 0.05) is 11.8 Å². The van der Waals surface area contributed by atoms with E-state index in [0.717, 1.165) is 42.4 Å². The van der Waals surface area contributed by atoms with Crippen molar-refractivity contribution in [2.24, 2.45) is 5.92 Å². The molecule has 0 fully saturated rings. The highest BCUT2D eigenvalue weighted by Gasteiger charge is 2.04. The zero-order chi connectivity index (χ0) is 21.4. The summed E-state index contributed by atoms with van der Waals surface area (Å²) in [6.07, 6.45) is 17.6. The molecule has 30 heavy (non-hydrogen) atoms. The van der Waals surface area contributed by atoms with E-state index in [1.165, 1.54) is 69.8 Å². The zero-order valence-electron chi connectivity index (χ0n) is 19.7. The maximum absolute atomic E-state index is 5.89. The van der Waals surface area contributed by atoms with E-state index < -0.39 is 0 Å². The number of hydrogen-bond acceptors (Lipinski definition) is 2. The second-order valence-corrected chi connectivity index (χ2v) is 8.83. The topological polar surface area (TPSA) is 22.1 Å². The maximum atomic E-state index is 5.89. The summed E-state index contributed by atoms with van der Waals surface area (Å²) in [7, 11) is 0. The summed E-state index contributed by atoms with van der Waals surface area (Å²) in [6, 6.07) is 12.8. The van der Waals surface area contributed by atoms with E-state index in [2.05, 4.69) is 63.4 Å². The van der Waals surface area contributed by atoms with Gasteiger partial charge in [0.1, 0.15) is 5.75 Å². The molecule has 0 bridgehead atoms. The molecule has 166 valence electrons. The number of nitrogens with zero attached hydrogens (tertiary/aromatic N) is 1. The molecule has 1 unspecified atom stereocenters. The maximum Gasteiger partial charge on any atom is 0.119 e. The van der Waals surface area contributed by atoms with Crippen LogP contribution in [0.4, 0.5) is 0 Å². The van der Waals surface area contributed by atoms with Crippen LogP contribution in [0, 0.1) is 5.92 Å². The standard InChI is InChI=1S/C28H43NO/c1-4-6-8-9-10-11-22-30-27-19-17-26(18-20-27)28-21-16-25(23-29-28)15-12-14-24(3)13-7-5-2/h16-21,23-24H,4-15,22H2,1-3H3. The van der Waals surface area contributed by atoms with Crippen molar-refractivity contribution in [2.75, 3.05) is 6.61 Å². The highest BCUT2D eigenvalue weighted by molar-refractivity contribution is 5.60. The quantitative estimate of drug-likeness (QED) is 0.259. The molecule has 0 radical (unpaired) electrons. The summed E-state index contributed by atoms with van der Waals surface area (Å²) in [6.45, 7) is 7.73. The van der Waals surface area contributed by atoms with Crippen molar-refractivity contribution >= 4 is 0 Å². The van der Waals surface area contributed by atoms with Gasteiger partial charge < -0.3 is 4.74 Å². The number of ether oxygens (including phenoxy) is 1. The Bertz CT molecular complexity index is 662. The minimum absolute atomic E-state index is 0.815. The minimum Gasteiger partial charge on any atom is -0.494 e. The van der Waals surface area contributed by atoms with Gasteiger partial charge in [-0.15, -0.1) is 0 Å². The first-order chi connectivity index (χ1) is 14.7. The molecule has 1 atom stereocenters. The molecule has 1 aromatic carbocycles. The number of aryl methyl sites for hydroxylation is 1. The van der Waals surface area contributed by atoms with Gasteiger partial charge in [0.05, 0.1) is 12.3 Å². The molecule has 2 heteroatoms. The predicted molar refractivity (Wildman–Crippen MR) is 130 cm³/mol. The van der Waals surface area contributed by atoms with Crippen LogP contribution in [0.15, 0.2) is 42.6 Å². The second kappa shape index (κ2) is 15.0. The van der Waals surface area contributed by atoms with E-state index in [1.807, 2.05) is 0 Å². The molecule has 2 rings (SSSR count). The zero-order valence-corrected chi connectivity index (χ0v) is 19.7. The largest absolute Gasteiger partial charge is 0.494 e. The van der Waals surface area contributed by atoms with Crippen molar-refractivity contribution in [1.82, 2.24) is 4.98 Å². The number of pyridine rings is 1. The normalized spacial score (nSPS) is 12.1. The molecule has 0 aliphatic carbocycles. The highest BCUT2D eigenvalue weighted by Crippen LogP contribution is 2.22. The van der Waals surface area contributed by atoms with Crippen molar-refractivity contribution in [3.63, 3.8) is 0 Å². The molecule has 0 aliphatic rings. The lowest BCUT2D eigenvalue weighted by atomic mass is 9.97. The van der Waals surface area contributed by atoms with Crippen molar-refractivity contribution in [2.45, 2.75) is 97.8 Å². The van der Waals surface area contributed by atoms with Gasteiger partial charge in [-0.05, 0) is 61.1 Å². The molecular formula is C28H43NO. The average Bonchev–Trinajstić information content (AvgIpc) is 2.78. The fraction of sp³-hybridized carbons (Fsp3) is 0.607. The molecule has 2 aromatic rings. The summed E-state index contributed by atoms with van der Waals surface area (Å²) < 4.78 is 5.89. The molecule has 1 aromatic heterocycles. The van der Waals surface area contributed by atoms with Gasteiger partial charge >= 0.3 is 0 Å². The van der Waals surface area contributed by atoms with Crippen LogP contribution < -0.4 is 4.74 Å². The van der Waals surface area contributed by atoms with Gasteiger partial charge in [-0.25, -0.2) is 0 Å². The lowest BCUT2D eigenvalue weighted by Crippen LogP contribution is -1.97. The number of unbranched alkanes of at least 4 members (excludes halogenated alkanes) is 6. The van der Waals surface area contributed by atoms with Gasteiger partial charge in [-0.2, -0.15) is 0 Å². The molecule has 2 nitrogen and oxygen atoms in total. The number of rotatable bonds is 16. The first-order valence-corrected chi connectivity index (χ1v) is 12.4. The molecular weight excluding hydrogens is 366 g/mol. The smallest absolute Gasteiger partial charge is 0.119 e. The van der Waals surface area contributed by atoms with E-state index >= 15 is 0 Å². The monoisotopic (exact) mass is 409 g/mol. The van der Waals surface area contributed by atoms with Crippen LogP contribution in [0.5, 0.6) is 5.75 Å². The van der Waals surface area contributed by atoms with Gasteiger partial charge in [0.25, 0.3) is 0 Å². The minimum atomic E-state index is 0.815.